The number of amides is 1. The van der Waals surface area contributed by atoms with Gasteiger partial charge in [0.2, 0.25) is 0 Å². The van der Waals surface area contributed by atoms with E-state index in [1.807, 2.05) is 12.1 Å². The lowest BCUT2D eigenvalue weighted by Gasteiger charge is -2.22. The van der Waals surface area contributed by atoms with Crippen LogP contribution >= 0.6 is 0 Å². The summed E-state index contributed by atoms with van der Waals surface area (Å²) in [7, 11) is 2.87. The van der Waals surface area contributed by atoms with Gasteiger partial charge in [0.15, 0.2) is 0 Å². The van der Waals surface area contributed by atoms with Crippen molar-refractivity contribution in [1.82, 2.24) is 4.90 Å². The maximum Gasteiger partial charge on any atom is 0.307 e. The molecule has 0 N–H and O–H groups in total. The monoisotopic (exact) mass is 345 g/mol. The Bertz CT molecular complexity index is 730. The molecule has 0 saturated carbocycles. The van der Waals surface area contributed by atoms with Crippen LogP contribution in [0.25, 0.3) is 0 Å². The predicted molar refractivity (Wildman–Crippen MR) is 90.8 cm³/mol. The Balaban J connectivity index is 2.18. The number of rotatable bonds is 7. The van der Waals surface area contributed by atoms with E-state index in [0.29, 0.717) is 5.75 Å². The number of carbonyl (C=O) groups is 2. The lowest BCUT2D eigenvalue weighted by atomic mass is 10.1. The van der Waals surface area contributed by atoms with Crippen molar-refractivity contribution in [3.05, 3.63) is 65.5 Å². The fourth-order valence-electron chi connectivity index (χ4n) is 2.34. The summed E-state index contributed by atoms with van der Waals surface area (Å²) in [6.45, 7) is 0.463. The van der Waals surface area contributed by atoms with E-state index in [1.165, 1.54) is 30.2 Å². The molecule has 6 heteroatoms. The number of hydrogen-bond acceptors (Lipinski definition) is 4. The van der Waals surface area contributed by atoms with E-state index in [9.17, 15) is 14.0 Å². The lowest BCUT2D eigenvalue weighted by Crippen LogP contribution is -2.32. The third-order valence-corrected chi connectivity index (χ3v) is 3.70. The fourth-order valence-corrected chi connectivity index (χ4v) is 2.34. The molecule has 0 unspecified atom stereocenters. The van der Waals surface area contributed by atoms with Gasteiger partial charge in [0.1, 0.15) is 11.6 Å². The van der Waals surface area contributed by atoms with E-state index in [0.717, 1.165) is 5.56 Å². The summed E-state index contributed by atoms with van der Waals surface area (Å²) in [6.07, 6.45) is 0.0632. The van der Waals surface area contributed by atoms with E-state index in [4.69, 9.17) is 4.74 Å². The number of halogens is 1. The van der Waals surface area contributed by atoms with E-state index >= 15 is 0 Å². The Labute approximate surface area is 146 Å². The highest BCUT2D eigenvalue weighted by Gasteiger charge is 2.18. The van der Waals surface area contributed by atoms with E-state index in [1.54, 1.807) is 25.3 Å². The highest BCUT2D eigenvalue weighted by atomic mass is 19.1. The van der Waals surface area contributed by atoms with Crippen molar-refractivity contribution in [2.75, 3.05) is 20.8 Å². The second-order valence-corrected chi connectivity index (χ2v) is 5.41. The highest BCUT2D eigenvalue weighted by molar-refractivity contribution is 5.94. The Morgan fingerprint density at radius 2 is 1.80 bits per heavy atom. The van der Waals surface area contributed by atoms with Gasteiger partial charge in [-0.3, -0.25) is 9.59 Å². The molecular formula is C19H20FNO4. The minimum Gasteiger partial charge on any atom is -0.497 e. The second kappa shape index (κ2) is 8.82. The Morgan fingerprint density at radius 1 is 1.08 bits per heavy atom. The first-order chi connectivity index (χ1) is 12.0. The Morgan fingerprint density at radius 3 is 2.40 bits per heavy atom. The topological polar surface area (TPSA) is 55.8 Å². The van der Waals surface area contributed by atoms with Gasteiger partial charge in [-0.2, -0.15) is 0 Å². The molecule has 0 atom stereocenters. The summed E-state index contributed by atoms with van der Waals surface area (Å²) >= 11 is 0. The summed E-state index contributed by atoms with van der Waals surface area (Å²) in [5.41, 5.74) is 1.11. The zero-order valence-electron chi connectivity index (χ0n) is 14.2. The Hall–Kier alpha value is -2.89. The maximum absolute atomic E-state index is 13.4. The Kier molecular flexibility index (Phi) is 6.51. The van der Waals surface area contributed by atoms with Crippen molar-refractivity contribution in [3.8, 4) is 5.75 Å². The van der Waals surface area contributed by atoms with Crippen molar-refractivity contribution in [3.63, 3.8) is 0 Å². The standard InChI is InChI=1S/C19H20FNO4/c1-24-17-8-6-14(7-9-17)13-21(11-10-18(22)25-2)19(23)15-4-3-5-16(20)12-15/h3-9,12H,10-11,13H2,1-2H3. The maximum atomic E-state index is 13.4. The molecule has 0 aromatic heterocycles. The number of benzene rings is 2. The van der Waals surface area contributed by atoms with Crippen LogP contribution in [0.1, 0.15) is 22.3 Å². The van der Waals surface area contributed by atoms with Crippen LogP contribution in [-0.2, 0) is 16.1 Å². The van der Waals surface area contributed by atoms with Crippen LogP contribution in [0.15, 0.2) is 48.5 Å². The molecule has 5 nitrogen and oxygen atoms in total. The molecular weight excluding hydrogens is 325 g/mol. The molecule has 0 aliphatic carbocycles. The van der Waals surface area contributed by atoms with Gasteiger partial charge in [-0.05, 0) is 35.9 Å². The third kappa shape index (κ3) is 5.31. The fraction of sp³-hybridized carbons (Fsp3) is 0.263. The molecule has 0 heterocycles. The van der Waals surface area contributed by atoms with Crippen LogP contribution in [0.5, 0.6) is 5.75 Å². The van der Waals surface area contributed by atoms with Gasteiger partial charge in [-0.1, -0.05) is 18.2 Å². The minimum absolute atomic E-state index is 0.0632. The van der Waals surface area contributed by atoms with Gasteiger partial charge in [0.25, 0.3) is 5.91 Å². The quantitative estimate of drug-likeness (QED) is 0.724. The molecule has 2 aromatic carbocycles. The molecule has 25 heavy (non-hydrogen) atoms. The molecule has 132 valence electrons. The number of methoxy groups -OCH3 is 2. The molecule has 1 amide bonds. The lowest BCUT2D eigenvalue weighted by molar-refractivity contribution is -0.140. The summed E-state index contributed by atoms with van der Waals surface area (Å²) in [5, 5.41) is 0. The first-order valence-electron chi connectivity index (χ1n) is 7.78. The molecule has 0 aliphatic heterocycles. The molecule has 0 bridgehead atoms. The number of esters is 1. The van der Waals surface area contributed by atoms with Crippen molar-refractivity contribution < 1.29 is 23.5 Å². The van der Waals surface area contributed by atoms with Crippen molar-refractivity contribution in [2.45, 2.75) is 13.0 Å². The van der Waals surface area contributed by atoms with Crippen molar-refractivity contribution in [1.29, 1.82) is 0 Å². The van der Waals surface area contributed by atoms with Gasteiger partial charge < -0.3 is 14.4 Å². The van der Waals surface area contributed by atoms with Crippen molar-refractivity contribution >= 4 is 11.9 Å². The SMILES string of the molecule is COC(=O)CCN(Cc1ccc(OC)cc1)C(=O)c1cccc(F)c1. The summed E-state index contributed by atoms with van der Waals surface area (Å²) in [5.74, 6) is -0.532. The van der Waals surface area contributed by atoms with Gasteiger partial charge in [-0.25, -0.2) is 4.39 Å². The smallest absolute Gasteiger partial charge is 0.307 e. The molecule has 2 aromatic rings. The van der Waals surface area contributed by atoms with Crippen LogP contribution < -0.4 is 4.74 Å². The predicted octanol–water partition coefficient (Wildman–Crippen LogP) is 3.04. The van der Waals surface area contributed by atoms with Gasteiger partial charge in [0, 0.05) is 18.7 Å². The molecule has 0 fully saturated rings. The molecule has 0 radical (unpaired) electrons. The molecule has 2 rings (SSSR count). The van der Waals surface area contributed by atoms with Crippen LogP contribution in [0.3, 0.4) is 0 Å². The number of nitrogens with zero attached hydrogens (tertiary/aromatic N) is 1. The van der Waals surface area contributed by atoms with E-state index < -0.39 is 11.8 Å². The van der Waals surface area contributed by atoms with Gasteiger partial charge >= 0.3 is 5.97 Å². The number of hydrogen-bond donors (Lipinski definition) is 0. The average Bonchev–Trinajstić information content (AvgIpc) is 2.64. The van der Waals surface area contributed by atoms with Crippen LogP contribution in [0.4, 0.5) is 4.39 Å². The van der Waals surface area contributed by atoms with Gasteiger partial charge in [-0.15, -0.1) is 0 Å². The van der Waals surface area contributed by atoms with Crippen LogP contribution in [-0.4, -0.2) is 37.5 Å². The zero-order chi connectivity index (χ0) is 18.2. The third-order valence-electron chi connectivity index (χ3n) is 3.70. The van der Waals surface area contributed by atoms with Crippen molar-refractivity contribution in [2.24, 2.45) is 0 Å². The minimum atomic E-state index is -0.483. The first-order valence-corrected chi connectivity index (χ1v) is 7.78. The van der Waals surface area contributed by atoms with E-state index in [-0.39, 0.29) is 31.0 Å². The molecule has 0 spiro atoms. The summed E-state index contributed by atoms with van der Waals surface area (Å²) in [4.78, 5) is 25.6. The average molecular weight is 345 g/mol. The van der Waals surface area contributed by atoms with E-state index in [2.05, 4.69) is 4.74 Å². The van der Waals surface area contributed by atoms with Crippen LogP contribution in [0, 0.1) is 5.82 Å². The summed E-state index contributed by atoms with van der Waals surface area (Å²) in [6, 6.07) is 12.7. The van der Waals surface area contributed by atoms with Crippen LogP contribution in [0.2, 0.25) is 0 Å². The largest absolute Gasteiger partial charge is 0.497 e. The first kappa shape index (κ1) is 18.4. The van der Waals surface area contributed by atoms with Gasteiger partial charge in [0.05, 0.1) is 20.6 Å². The molecule has 0 aliphatic rings. The zero-order valence-corrected chi connectivity index (χ0v) is 14.2. The summed E-state index contributed by atoms with van der Waals surface area (Å²) < 4.78 is 23.2. The number of carbonyl (C=O) groups excluding carboxylic acids is 2. The number of ether oxygens (including phenoxy) is 2. The molecule has 0 saturated heterocycles. The highest BCUT2D eigenvalue weighted by Crippen LogP contribution is 2.15. The second-order valence-electron chi connectivity index (χ2n) is 5.41. The normalized spacial score (nSPS) is 10.2.